The maximum Gasteiger partial charge on any atom is 0.315 e. The van der Waals surface area contributed by atoms with E-state index in [1.165, 1.54) is 12.1 Å². The van der Waals surface area contributed by atoms with Crippen molar-refractivity contribution in [1.82, 2.24) is 20.2 Å². The van der Waals surface area contributed by atoms with Crippen molar-refractivity contribution < 1.29 is 14.3 Å². The van der Waals surface area contributed by atoms with Gasteiger partial charge in [0.25, 0.3) is 0 Å². The van der Waals surface area contributed by atoms with Gasteiger partial charge >= 0.3 is 6.03 Å². The molecule has 0 aliphatic heterocycles. The van der Waals surface area contributed by atoms with Gasteiger partial charge in [-0.1, -0.05) is 32.0 Å². The zero-order valence-corrected chi connectivity index (χ0v) is 13.9. The quantitative estimate of drug-likeness (QED) is 0.726. The number of aromatic nitrogens is 2. The standard InChI is InChI=1S/C17H23FN4O2/c1-12(2)11-22-8-7-19-16(22)10-21-17(24)20-9-15(23)13-5-3-4-6-14(13)18/h3-8,12,15,23H,9-11H2,1-2H3,(H2,20,21,24). The average Bonchev–Trinajstić information content (AvgIpc) is 2.97. The fourth-order valence-corrected chi connectivity index (χ4v) is 2.33. The topological polar surface area (TPSA) is 79.2 Å². The lowest BCUT2D eigenvalue weighted by atomic mass is 10.1. The number of carbonyl (C=O) groups is 1. The molecule has 130 valence electrons. The third-order valence-corrected chi connectivity index (χ3v) is 3.49. The van der Waals surface area contributed by atoms with Crippen LogP contribution < -0.4 is 10.6 Å². The second-order valence-electron chi connectivity index (χ2n) is 5.99. The zero-order chi connectivity index (χ0) is 17.5. The first-order chi connectivity index (χ1) is 11.5. The van der Waals surface area contributed by atoms with Crippen molar-refractivity contribution >= 4 is 6.03 Å². The molecule has 1 aromatic carbocycles. The maximum absolute atomic E-state index is 13.5. The van der Waals surface area contributed by atoms with Gasteiger partial charge in [0, 0.05) is 31.0 Å². The van der Waals surface area contributed by atoms with Crippen LogP contribution in [0.1, 0.15) is 31.3 Å². The number of aliphatic hydroxyl groups is 1. The van der Waals surface area contributed by atoms with E-state index in [-0.39, 0.29) is 18.7 Å². The van der Waals surface area contributed by atoms with Crippen LogP contribution in [0.2, 0.25) is 0 Å². The van der Waals surface area contributed by atoms with Crippen molar-refractivity contribution in [3.05, 3.63) is 53.9 Å². The molecule has 1 heterocycles. The molecule has 3 N–H and O–H groups in total. The first kappa shape index (κ1) is 17.9. The lowest BCUT2D eigenvalue weighted by molar-refractivity contribution is 0.169. The van der Waals surface area contributed by atoms with Gasteiger partial charge in [0.2, 0.25) is 0 Å². The summed E-state index contributed by atoms with van der Waals surface area (Å²) in [5.41, 5.74) is 0.158. The van der Waals surface area contributed by atoms with E-state index in [1.54, 1.807) is 18.3 Å². The summed E-state index contributed by atoms with van der Waals surface area (Å²) in [4.78, 5) is 16.0. The SMILES string of the molecule is CC(C)Cn1ccnc1CNC(=O)NCC(O)c1ccccc1F. The normalized spacial score (nSPS) is 12.2. The molecule has 0 bridgehead atoms. The maximum atomic E-state index is 13.5. The number of rotatable bonds is 7. The van der Waals surface area contributed by atoms with E-state index in [1.807, 2.05) is 10.8 Å². The molecule has 2 amide bonds. The molecule has 6 nitrogen and oxygen atoms in total. The van der Waals surface area contributed by atoms with Crippen molar-refractivity contribution in [3.8, 4) is 0 Å². The van der Waals surface area contributed by atoms with Gasteiger partial charge in [-0.15, -0.1) is 0 Å². The molecule has 0 spiro atoms. The Bertz CT molecular complexity index is 672. The highest BCUT2D eigenvalue weighted by atomic mass is 19.1. The molecule has 1 unspecified atom stereocenters. The fraction of sp³-hybridized carbons (Fsp3) is 0.412. The second-order valence-corrected chi connectivity index (χ2v) is 5.99. The molecule has 0 aliphatic rings. The van der Waals surface area contributed by atoms with Gasteiger partial charge in [-0.25, -0.2) is 14.2 Å². The van der Waals surface area contributed by atoms with Gasteiger partial charge in [-0.05, 0) is 12.0 Å². The summed E-state index contributed by atoms with van der Waals surface area (Å²) in [7, 11) is 0. The first-order valence-corrected chi connectivity index (χ1v) is 7.91. The average molecular weight is 334 g/mol. The van der Waals surface area contributed by atoms with Crippen molar-refractivity contribution in [1.29, 1.82) is 0 Å². The summed E-state index contributed by atoms with van der Waals surface area (Å²) < 4.78 is 15.5. The van der Waals surface area contributed by atoms with Crippen LogP contribution in [0.4, 0.5) is 9.18 Å². The number of hydrogen-bond acceptors (Lipinski definition) is 3. The van der Waals surface area contributed by atoms with Crippen LogP contribution in [0.3, 0.4) is 0 Å². The van der Waals surface area contributed by atoms with Crippen LogP contribution in [-0.4, -0.2) is 27.2 Å². The largest absolute Gasteiger partial charge is 0.386 e. The minimum absolute atomic E-state index is 0.0762. The Morgan fingerprint density at radius 3 is 2.79 bits per heavy atom. The highest BCUT2D eigenvalue weighted by molar-refractivity contribution is 5.73. The summed E-state index contributed by atoms with van der Waals surface area (Å²) >= 11 is 0. The number of hydrogen-bond donors (Lipinski definition) is 3. The van der Waals surface area contributed by atoms with Gasteiger partial charge in [0.15, 0.2) is 0 Å². The van der Waals surface area contributed by atoms with Crippen LogP contribution in [0, 0.1) is 11.7 Å². The molecule has 2 aromatic rings. The van der Waals surface area contributed by atoms with Gasteiger partial charge < -0.3 is 20.3 Å². The molecular formula is C17H23FN4O2. The van der Waals surface area contributed by atoms with Gasteiger partial charge in [-0.2, -0.15) is 0 Å². The van der Waals surface area contributed by atoms with Gasteiger partial charge in [0.1, 0.15) is 11.6 Å². The molecule has 24 heavy (non-hydrogen) atoms. The summed E-state index contributed by atoms with van der Waals surface area (Å²) in [6, 6.07) is 5.50. The van der Waals surface area contributed by atoms with Crippen LogP contribution in [0.25, 0.3) is 0 Å². The lowest BCUT2D eigenvalue weighted by Crippen LogP contribution is -2.38. The number of halogens is 1. The number of imidazole rings is 1. The Labute approximate surface area is 140 Å². The third-order valence-electron chi connectivity index (χ3n) is 3.49. The lowest BCUT2D eigenvalue weighted by Gasteiger charge is -2.14. The van der Waals surface area contributed by atoms with E-state index in [4.69, 9.17) is 0 Å². The molecule has 0 fully saturated rings. The van der Waals surface area contributed by atoms with Crippen molar-refractivity contribution in [2.24, 2.45) is 5.92 Å². The predicted octanol–water partition coefficient (Wildman–Crippen LogP) is 2.21. The van der Waals surface area contributed by atoms with Gasteiger partial charge in [0.05, 0.1) is 12.6 Å². The Kier molecular flexibility index (Phi) is 6.31. The second kappa shape index (κ2) is 8.44. The van der Waals surface area contributed by atoms with E-state index in [0.717, 1.165) is 12.4 Å². The summed E-state index contributed by atoms with van der Waals surface area (Å²) in [5.74, 6) is 0.735. The zero-order valence-electron chi connectivity index (χ0n) is 13.9. The Balaban J connectivity index is 1.80. The van der Waals surface area contributed by atoms with E-state index in [2.05, 4.69) is 29.5 Å². The van der Waals surface area contributed by atoms with Crippen molar-refractivity contribution in [2.45, 2.75) is 33.0 Å². The minimum Gasteiger partial charge on any atom is -0.386 e. The van der Waals surface area contributed by atoms with Crippen LogP contribution in [0.5, 0.6) is 0 Å². The summed E-state index contributed by atoms with van der Waals surface area (Å²) in [6.07, 6.45) is 2.47. The molecule has 0 saturated heterocycles. The summed E-state index contributed by atoms with van der Waals surface area (Å²) in [5, 5.41) is 15.2. The number of benzene rings is 1. The number of nitrogens with one attached hydrogen (secondary N) is 2. The predicted molar refractivity (Wildman–Crippen MR) is 88.7 cm³/mol. The molecular weight excluding hydrogens is 311 g/mol. The minimum atomic E-state index is -1.10. The smallest absolute Gasteiger partial charge is 0.315 e. The molecule has 7 heteroatoms. The highest BCUT2D eigenvalue weighted by Crippen LogP contribution is 2.15. The third kappa shape index (κ3) is 5.06. The first-order valence-electron chi connectivity index (χ1n) is 7.91. The molecule has 1 atom stereocenters. The number of aliphatic hydroxyl groups excluding tert-OH is 1. The van der Waals surface area contributed by atoms with E-state index in [9.17, 15) is 14.3 Å². The Morgan fingerprint density at radius 2 is 2.08 bits per heavy atom. The van der Waals surface area contributed by atoms with Gasteiger partial charge in [-0.3, -0.25) is 0 Å². The Hall–Kier alpha value is -2.41. The molecule has 0 saturated carbocycles. The fourth-order valence-electron chi connectivity index (χ4n) is 2.33. The van der Waals surface area contributed by atoms with E-state index in [0.29, 0.717) is 5.92 Å². The highest BCUT2D eigenvalue weighted by Gasteiger charge is 2.13. The number of amides is 2. The van der Waals surface area contributed by atoms with E-state index >= 15 is 0 Å². The van der Waals surface area contributed by atoms with Crippen LogP contribution in [0.15, 0.2) is 36.7 Å². The molecule has 1 aromatic heterocycles. The van der Waals surface area contributed by atoms with E-state index < -0.39 is 18.0 Å². The van der Waals surface area contributed by atoms with Crippen molar-refractivity contribution in [2.75, 3.05) is 6.54 Å². The van der Waals surface area contributed by atoms with Crippen molar-refractivity contribution in [3.63, 3.8) is 0 Å². The summed E-state index contributed by atoms with van der Waals surface area (Å²) in [6.45, 7) is 5.24. The number of carbonyl (C=O) groups excluding carboxylic acids is 1. The van der Waals surface area contributed by atoms with Crippen LogP contribution >= 0.6 is 0 Å². The number of urea groups is 1. The molecule has 0 aliphatic carbocycles. The van der Waals surface area contributed by atoms with Crippen LogP contribution in [-0.2, 0) is 13.1 Å². The Morgan fingerprint density at radius 1 is 1.33 bits per heavy atom. The molecule has 2 rings (SSSR count). The number of nitrogens with zero attached hydrogens (tertiary/aromatic N) is 2. The monoisotopic (exact) mass is 334 g/mol. The molecule has 0 radical (unpaired) electrons.